The molecule has 1 N–H and O–H groups in total. The van der Waals surface area contributed by atoms with E-state index in [4.69, 9.17) is 11.6 Å². The summed E-state index contributed by atoms with van der Waals surface area (Å²) < 4.78 is 1.91. The molecule has 1 saturated heterocycles. The van der Waals surface area contributed by atoms with Gasteiger partial charge in [-0.3, -0.25) is 4.90 Å². The number of nitrogens with zero attached hydrogens (tertiary/aromatic N) is 1. The Hall–Kier alpha value is 0.390. The van der Waals surface area contributed by atoms with Gasteiger partial charge in [-0.15, -0.1) is 11.3 Å². The smallest absolute Gasteiger partial charge is 0.107 e. The molecule has 0 aromatic carbocycles. The number of halogens is 2. The van der Waals surface area contributed by atoms with Crippen LogP contribution in [-0.4, -0.2) is 31.6 Å². The van der Waals surface area contributed by atoms with Gasteiger partial charge in [-0.05, 0) is 67.4 Å². The predicted molar refractivity (Wildman–Crippen MR) is 83.7 cm³/mol. The summed E-state index contributed by atoms with van der Waals surface area (Å²) in [5, 5.41) is 3.33. The van der Waals surface area contributed by atoms with Crippen molar-refractivity contribution in [2.45, 2.75) is 25.8 Å². The highest BCUT2D eigenvalue weighted by Crippen LogP contribution is 2.43. The normalized spacial score (nSPS) is 24.9. The van der Waals surface area contributed by atoms with E-state index < -0.39 is 0 Å². The number of hydrogen-bond donors (Lipinski definition) is 1. The molecule has 1 aliphatic heterocycles. The maximum Gasteiger partial charge on any atom is 0.107 e. The van der Waals surface area contributed by atoms with Crippen LogP contribution in [0.15, 0.2) is 10.5 Å². The molecule has 0 spiro atoms. The van der Waals surface area contributed by atoms with E-state index in [1.165, 1.54) is 30.8 Å². The van der Waals surface area contributed by atoms with E-state index in [2.05, 4.69) is 39.1 Å². The molecule has 2 heterocycles. The Morgan fingerprint density at radius 3 is 2.94 bits per heavy atom. The lowest BCUT2D eigenvalue weighted by Gasteiger charge is -2.27. The first-order valence-corrected chi connectivity index (χ1v) is 8.49. The van der Waals surface area contributed by atoms with Crippen molar-refractivity contribution >= 4 is 38.9 Å². The molecule has 1 fully saturated rings. The van der Waals surface area contributed by atoms with Gasteiger partial charge in [-0.2, -0.15) is 0 Å². The summed E-state index contributed by atoms with van der Waals surface area (Å²) in [5.41, 5.74) is 0. The molecule has 102 valence electrons. The summed E-state index contributed by atoms with van der Waals surface area (Å²) in [7, 11) is 2.04. The highest BCUT2D eigenvalue weighted by Gasteiger charge is 2.35. The average Bonchev–Trinajstić information content (AvgIpc) is 2.86. The second-order valence-electron chi connectivity index (χ2n) is 4.86. The summed E-state index contributed by atoms with van der Waals surface area (Å²) in [6.07, 6.45) is 2.49. The van der Waals surface area contributed by atoms with E-state index in [-0.39, 0.29) is 0 Å². The Kier molecular flexibility index (Phi) is 5.51. The zero-order chi connectivity index (χ0) is 13.1. The van der Waals surface area contributed by atoms with Gasteiger partial charge in [-0.25, -0.2) is 0 Å². The molecule has 0 bridgehead atoms. The van der Waals surface area contributed by atoms with Crippen LogP contribution in [0.5, 0.6) is 0 Å². The lowest BCUT2D eigenvalue weighted by Crippen LogP contribution is -2.29. The van der Waals surface area contributed by atoms with Crippen LogP contribution in [0.2, 0.25) is 4.34 Å². The third-order valence-electron chi connectivity index (χ3n) is 3.56. The van der Waals surface area contributed by atoms with Crippen molar-refractivity contribution in [1.82, 2.24) is 10.2 Å². The molecule has 0 saturated carbocycles. The number of likely N-dealkylation sites (tertiary alicyclic amines) is 1. The van der Waals surface area contributed by atoms with E-state index >= 15 is 0 Å². The number of rotatable bonds is 5. The van der Waals surface area contributed by atoms with E-state index in [0.29, 0.717) is 12.0 Å². The van der Waals surface area contributed by atoms with E-state index in [1.807, 2.05) is 7.05 Å². The Morgan fingerprint density at radius 1 is 1.61 bits per heavy atom. The molecule has 2 unspecified atom stereocenters. The van der Waals surface area contributed by atoms with Gasteiger partial charge in [0.15, 0.2) is 0 Å². The molecule has 0 aliphatic carbocycles. The fourth-order valence-corrected chi connectivity index (χ4v) is 4.83. The van der Waals surface area contributed by atoms with E-state index in [0.717, 1.165) is 15.4 Å². The van der Waals surface area contributed by atoms with Crippen LogP contribution in [-0.2, 0) is 0 Å². The molecule has 5 heteroatoms. The first kappa shape index (κ1) is 14.8. The monoisotopic (exact) mass is 350 g/mol. The van der Waals surface area contributed by atoms with Crippen LogP contribution < -0.4 is 5.32 Å². The molecule has 2 nitrogen and oxygen atoms in total. The maximum atomic E-state index is 6.19. The molecule has 2 rings (SSSR count). The molecule has 2 atom stereocenters. The Labute approximate surface area is 127 Å². The lowest BCUT2D eigenvalue weighted by atomic mass is 9.99. The summed E-state index contributed by atoms with van der Waals surface area (Å²) in [5.74, 6) is 0.697. The standard InChI is InChI=1S/C13H20BrClN2S/c1-3-5-17-6-4-9(8-16-2)12(17)11-7-10(14)13(15)18-11/h7,9,12,16H,3-6,8H2,1-2H3. The van der Waals surface area contributed by atoms with Crippen molar-refractivity contribution < 1.29 is 0 Å². The Bertz CT molecular complexity index is 363. The molecule has 1 aromatic rings. The van der Waals surface area contributed by atoms with Gasteiger partial charge in [-0.1, -0.05) is 18.5 Å². The minimum atomic E-state index is 0.534. The van der Waals surface area contributed by atoms with Crippen LogP contribution in [0.25, 0.3) is 0 Å². The second kappa shape index (κ2) is 6.71. The topological polar surface area (TPSA) is 15.3 Å². The number of nitrogens with one attached hydrogen (secondary N) is 1. The van der Waals surface area contributed by atoms with Gasteiger partial charge in [0.1, 0.15) is 4.34 Å². The molecule has 0 radical (unpaired) electrons. The van der Waals surface area contributed by atoms with Crippen LogP contribution in [0, 0.1) is 5.92 Å². The first-order valence-electron chi connectivity index (χ1n) is 6.50. The van der Waals surface area contributed by atoms with Crippen molar-refractivity contribution in [3.63, 3.8) is 0 Å². The summed E-state index contributed by atoms with van der Waals surface area (Å²) in [6.45, 7) is 5.72. The quantitative estimate of drug-likeness (QED) is 0.857. The first-order chi connectivity index (χ1) is 8.67. The molecule has 18 heavy (non-hydrogen) atoms. The lowest BCUT2D eigenvalue weighted by molar-refractivity contribution is 0.231. The Morgan fingerprint density at radius 2 is 2.39 bits per heavy atom. The molecular weight excluding hydrogens is 332 g/mol. The van der Waals surface area contributed by atoms with Crippen LogP contribution in [0.1, 0.15) is 30.7 Å². The summed E-state index contributed by atoms with van der Waals surface area (Å²) in [4.78, 5) is 4.01. The number of thiophene rings is 1. The minimum Gasteiger partial charge on any atom is -0.319 e. The fraction of sp³-hybridized carbons (Fsp3) is 0.692. The zero-order valence-corrected chi connectivity index (χ0v) is 14.0. The van der Waals surface area contributed by atoms with Crippen LogP contribution in [0.3, 0.4) is 0 Å². The third kappa shape index (κ3) is 3.10. The second-order valence-corrected chi connectivity index (χ2v) is 7.40. The fourth-order valence-electron chi connectivity index (χ4n) is 2.86. The Balaban J connectivity index is 2.22. The zero-order valence-electron chi connectivity index (χ0n) is 10.9. The van der Waals surface area contributed by atoms with Crippen molar-refractivity contribution in [2.75, 3.05) is 26.7 Å². The maximum absolute atomic E-state index is 6.19. The SMILES string of the molecule is CCCN1CCC(CNC)C1c1cc(Br)c(Cl)s1. The van der Waals surface area contributed by atoms with Crippen LogP contribution in [0.4, 0.5) is 0 Å². The number of hydrogen-bond acceptors (Lipinski definition) is 3. The van der Waals surface area contributed by atoms with Gasteiger partial charge in [0.25, 0.3) is 0 Å². The van der Waals surface area contributed by atoms with Gasteiger partial charge in [0.05, 0.1) is 0 Å². The minimum absolute atomic E-state index is 0.534. The van der Waals surface area contributed by atoms with Crippen molar-refractivity contribution in [3.8, 4) is 0 Å². The predicted octanol–water partition coefficient (Wildman–Crippen LogP) is 4.16. The van der Waals surface area contributed by atoms with Crippen LogP contribution >= 0.6 is 38.9 Å². The van der Waals surface area contributed by atoms with E-state index in [1.54, 1.807) is 11.3 Å². The molecule has 1 aliphatic rings. The van der Waals surface area contributed by atoms with Gasteiger partial charge in [0.2, 0.25) is 0 Å². The molecular formula is C13H20BrClN2S. The van der Waals surface area contributed by atoms with E-state index in [9.17, 15) is 0 Å². The van der Waals surface area contributed by atoms with Crippen molar-refractivity contribution in [2.24, 2.45) is 5.92 Å². The molecule has 0 amide bonds. The third-order valence-corrected chi connectivity index (χ3v) is 6.11. The highest BCUT2D eigenvalue weighted by molar-refractivity contribution is 9.10. The summed E-state index contributed by atoms with van der Waals surface area (Å²) >= 11 is 11.4. The summed E-state index contributed by atoms with van der Waals surface area (Å²) in [6, 6.07) is 2.74. The van der Waals surface area contributed by atoms with Gasteiger partial charge >= 0.3 is 0 Å². The van der Waals surface area contributed by atoms with Gasteiger partial charge < -0.3 is 5.32 Å². The largest absolute Gasteiger partial charge is 0.319 e. The average molecular weight is 352 g/mol. The van der Waals surface area contributed by atoms with Crippen molar-refractivity contribution in [1.29, 1.82) is 0 Å². The highest BCUT2D eigenvalue weighted by atomic mass is 79.9. The van der Waals surface area contributed by atoms with Gasteiger partial charge in [0, 0.05) is 15.4 Å². The van der Waals surface area contributed by atoms with Crippen molar-refractivity contribution in [3.05, 3.63) is 19.8 Å². The molecule has 1 aromatic heterocycles.